The lowest BCUT2D eigenvalue weighted by Gasteiger charge is -2.07. The molecule has 0 radical (unpaired) electrons. The maximum Gasteiger partial charge on any atom is 0.224 e. The first-order chi connectivity index (χ1) is 13.2. The number of carbonyl (C=O) groups is 1. The summed E-state index contributed by atoms with van der Waals surface area (Å²) < 4.78 is 11.4. The summed E-state index contributed by atoms with van der Waals surface area (Å²) in [7, 11) is 1.61. The van der Waals surface area contributed by atoms with E-state index < -0.39 is 0 Å². The van der Waals surface area contributed by atoms with E-state index >= 15 is 0 Å². The van der Waals surface area contributed by atoms with E-state index in [2.05, 4.69) is 9.97 Å². The van der Waals surface area contributed by atoms with Gasteiger partial charge in [-0.2, -0.15) is 0 Å². The maximum absolute atomic E-state index is 11.3. The Balaban J connectivity index is 1.60. The summed E-state index contributed by atoms with van der Waals surface area (Å²) in [5.74, 6) is 2.29. The highest BCUT2D eigenvalue weighted by atomic mass is 16.5. The van der Waals surface area contributed by atoms with Gasteiger partial charge in [0.2, 0.25) is 5.88 Å². The Morgan fingerprint density at radius 3 is 2.78 bits per heavy atom. The van der Waals surface area contributed by atoms with Crippen LogP contribution in [0.1, 0.15) is 51.3 Å². The molecule has 1 aromatic carbocycles. The zero-order valence-electron chi connectivity index (χ0n) is 16.0. The first kappa shape index (κ1) is 19.1. The molecule has 0 amide bonds. The summed E-state index contributed by atoms with van der Waals surface area (Å²) in [6.45, 7) is 1.92. The molecule has 3 aromatic rings. The molecule has 3 rings (SSSR count). The van der Waals surface area contributed by atoms with Crippen LogP contribution in [0.25, 0.3) is 22.2 Å². The molecule has 0 saturated carbocycles. The quantitative estimate of drug-likeness (QED) is 0.451. The van der Waals surface area contributed by atoms with Crippen LogP contribution in [-0.4, -0.2) is 22.9 Å². The van der Waals surface area contributed by atoms with Gasteiger partial charge in [-0.25, -0.2) is 9.97 Å². The van der Waals surface area contributed by atoms with Gasteiger partial charge in [0.25, 0.3) is 0 Å². The van der Waals surface area contributed by atoms with Crippen molar-refractivity contribution in [2.24, 2.45) is 0 Å². The summed E-state index contributed by atoms with van der Waals surface area (Å²) in [6, 6.07) is 9.95. The zero-order valence-corrected chi connectivity index (χ0v) is 16.0. The van der Waals surface area contributed by atoms with Crippen LogP contribution in [0.3, 0.4) is 0 Å². The molecule has 0 bridgehead atoms. The fraction of sp³-hybridized carbons (Fsp3) is 0.409. The predicted molar refractivity (Wildman–Crippen MR) is 106 cm³/mol. The van der Waals surface area contributed by atoms with Gasteiger partial charge in [-0.1, -0.05) is 38.0 Å². The smallest absolute Gasteiger partial charge is 0.224 e. The largest absolute Gasteiger partial charge is 0.480 e. The van der Waals surface area contributed by atoms with Crippen LogP contribution in [0.4, 0.5) is 0 Å². The second-order valence-electron chi connectivity index (χ2n) is 6.66. The SMILES string of the molecule is CCC(=O)CCCCCCc1ncc(-c2cc3ccccc3nc2OC)o1. The molecule has 0 atom stereocenters. The number of hydrogen-bond donors (Lipinski definition) is 0. The highest BCUT2D eigenvalue weighted by Gasteiger charge is 2.14. The van der Waals surface area contributed by atoms with Crippen molar-refractivity contribution in [2.75, 3.05) is 7.11 Å². The van der Waals surface area contributed by atoms with Crippen molar-refractivity contribution in [3.8, 4) is 17.2 Å². The van der Waals surface area contributed by atoms with Gasteiger partial charge in [0, 0.05) is 24.6 Å². The molecule has 27 heavy (non-hydrogen) atoms. The Hall–Kier alpha value is -2.69. The highest BCUT2D eigenvalue weighted by molar-refractivity contribution is 5.85. The number of nitrogens with zero attached hydrogens (tertiary/aromatic N) is 2. The van der Waals surface area contributed by atoms with Crippen molar-refractivity contribution < 1.29 is 13.9 Å². The Morgan fingerprint density at radius 2 is 1.96 bits per heavy atom. The summed E-state index contributed by atoms with van der Waals surface area (Å²) in [5, 5.41) is 1.04. The minimum atomic E-state index is 0.352. The molecule has 0 saturated heterocycles. The van der Waals surface area contributed by atoms with Crippen LogP contribution in [0.2, 0.25) is 0 Å². The Labute approximate surface area is 159 Å². The number of oxazole rings is 1. The molecule has 0 spiro atoms. The number of rotatable bonds is 10. The van der Waals surface area contributed by atoms with Crippen molar-refractivity contribution >= 4 is 16.7 Å². The van der Waals surface area contributed by atoms with Crippen molar-refractivity contribution in [2.45, 2.75) is 51.9 Å². The number of ether oxygens (including phenoxy) is 1. The summed E-state index contributed by atoms with van der Waals surface area (Å²) in [5.41, 5.74) is 1.70. The number of Topliss-reactive ketones (excluding diaryl/α,β-unsaturated/α-hetero) is 1. The van der Waals surface area contributed by atoms with E-state index in [0.717, 1.165) is 54.5 Å². The van der Waals surface area contributed by atoms with Gasteiger partial charge >= 0.3 is 0 Å². The van der Waals surface area contributed by atoms with Crippen molar-refractivity contribution in [1.29, 1.82) is 0 Å². The molecule has 0 unspecified atom stereocenters. The van der Waals surface area contributed by atoms with Crippen molar-refractivity contribution in [3.63, 3.8) is 0 Å². The molecule has 0 fully saturated rings. The Morgan fingerprint density at radius 1 is 1.15 bits per heavy atom. The van der Waals surface area contributed by atoms with Crippen LogP contribution in [0.15, 0.2) is 40.9 Å². The Bertz CT molecular complexity index is 901. The second-order valence-corrected chi connectivity index (χ2v) is 6.66. The molecule has 5 nitrogen and oxygen atoms in total. The number of carbonyl (C=O) groups excluding carboxylic acids is 1. The van der Waals surface area contributed by atoms with Crippen LogP contribution in [0, 0.1) is 0 Å². The first-order valence-corrected chi connectivity index (χ1v) is 9.61. The summed E-state index contributed by atoms with van der Waals surface area (Å²) >= 11 is 0. The minimum absolute atomic E-state index is 0.352. The van der Waals surface area contributed by atoms with E-state index in [1.807, 2.05) is 37.3 Å². The molecule has 0 aliphatic rings. The maximum atomic E-state index is 11.3. The van der Waals surface area contributed by atoms with E-state index in [4.69, 9.17) is 9.15 Å². The molecular formula is C22H26N2O3. The number of methoxy groups -OCH3 is 1. The normalized spacial score (nSPS) is 11.0. The topological polar surface area (TPSA) is 65.2 Å². The molecule has 142 valence electrons. The number of pyridine rings is 1. The third-order valence-corrected chi connectivity index (χ3v) is 4.69. The monoisotopic (exact) mass is 366 g/mol. The summed E-state index contributed by atoms with van der Waals surface area (Å²) in [4.78, 5) is 20.3. The zero-order chi connectivity index (χ0) is 19.1. The van der Waals surface area contributed by atoms with Gasteiger partial charge < -0.3 is 9.15 Å². The van der Waals surface area contributed by atoms with Crippen LogP contribution < -0.4 is 4.74 Å². The number of hydrogen-bond acceptors (Lipinski definition) is 5. The number of ketones is 1. The molecule has 2 aromatic heterocycles. The third-order valence-electron chi connectivity index (χ3n) is 4.69. The van der Waals surface area contributed by atoms with Gasteiger partial charge in [0.1, 0.15) is 5.78 Å². The van der Waals surface area contributed by atoms with E-state index in [-0.39, 0.29) is 0 Å². The molecule has 0 aliphatic heterocycles. The molecule has 0 aliphatic carbocycles. The van der Waals surface area contributed by atoms with Gasteiger partial charge in [-0.15, -0.1) is 0 Å². The third kappa shape index (κ3) is 4.94. The van der Waals surface area contributed by atoms with Crippen LogP contribution >= 0.6 is 0 Å². The van der Waals surface area contributed by atoms with Crippen molar-refractivity contribution in [1.82, 2.24) is 9.97 Å². The van der Waals surface area contributed by atoms with Gasteiger partial charge in [-0.05, 0) is 25.0 Å². The Kier molecular flexibility index (Phi) is 6.58. The fourth-order valence-electron chi connectivity index (χ4n) is 3.11. The van der Waals surface area contributed by atoms with Gasteiger partial charge in [0.05, 0.1) is 24.4 Å². The lowest BCUT2D eigenvalue weighted by molar-refractivity contribution is -0.118. The van der Waals surface area contributed by atoms with E-state index in [9.17, 15) is 4.79 Å². The average Bonchev–Trinajstić information content (AvgIpc) is 3.18. The van der Waals surface area contributed by atoms with Crippen LogP contribution in [0.5, 0.6) is 5.88 Å². The average molecular weight is 366 g/mol. The number of fused-ring (bicyclic) bond motifs is 1. The number of unbranched alkanes of at least 4 members (excludes halogenated alkanes) is 3. The number of aryl methyl sites for hydroxylation is 1. The lowest BCUT2D eigenvalue weighted by atomic mass is 10.1. The lowest BCUT2D eigenvalue weighted by Crippen LogP contribution is -1.94. The van der Waals surface area contributed by atoms with Gasteiger partial charge in [-0.3, -0.25) is 4.79 Å². The number of benzene rings is 1. The van der Waals surface area contributed by atoms with Crippen molar-refractivity contribution in [3.05, 3.63) is 42.4 Å². The predicted octanol–water partition coefficient (Wildman–Crippen LogP) is 5.37. The van der Waals surface area contributed by atoms with E-state index in [1.54, 1.807) is 13.3 Å². The standard InChI is InChI=1S/C22H26N2O3/c1-3-17(25)11-6-4-5-7-13-21-23-15-20(27-21)18-14-16-10-8-9-12-19(16)24-22(18)26-2/h8-10,12,14-15H,3-7,11,13H2,1-2H3. The first-order valence-electron chi connectivity index (χ1n) is 9.61. The number of aromatic nitrogens is 2. The molecule has 0 N–H and O–H groups in total. The molecule has 5 heteroatoms. The van der Waals surface area contributed by atoms with Gasteiger partial charge in [0.15, 0.2) is 11.7 Å². The number of para-hydroxylation sites is 1. The fourth-order valence-corrected chi connectivity index (χ4v) is 3.11. The highest BCUT2D eigenvalue weighted by Crippen LogP contribution is 2.32. The van der Waals surface area contributed by atoms with E-state index in [1.165, 1.54) is 0 Å². The molecule has 2 heterocycles. The second kappa shape index (κ2) is 9.31. The summed E-state index contributed by atoms with van der Waals surface area (Å²) in [6.07, 6.45) is 8.02. The van der Waals surface area contributed by atoms with E-state index in [0.29, 0.717) is 30.3 Å². The molecular weight excluding hydrogens is 340 g/mol. The van der Waals surface area contributed by atoms with Crippen LogP contribution in [-0.2, 0) is 11.2 Å². The minimum Gasteiger partial charge on any atom is -0.480 e.